The van der Waals surface area contributed by atoms with Gasteiger partial charge < -0.3 is 10.6 Å². The molecule has 2 aliphatic carbocycles. The summed E-state index contributed by atoms with van der Waals surface area (Å²) in [7, 11) is 0. The molecule has 3 rings (SSSR count). The van der Waals surface area contributed by atoms with Gasteiger partial charge in [-0.25, -0.2) is 0 Å². The number of halogens is 1. The van der Waals surface area contributed by atoms with Crippen LogP contribution in [0.4, 0.5) is 5.69 Å². The van der Waals surface area contributed by atoms with Gasteiger partial charge in [-0.3, -0.25) is 9.59 Å². The van der Waals surface area contributed by atoms with Crippen LogP contribution in [-0.4, -0.2) is 18.4 Å². The van der Waals surface area contributed by atoms with Crippen molar-refractivity contribution in [1.82, 2.24) is 5.32 Å². The third-order valence-electron chi connectivity index (χ3n) is 4.73. The smallest absolute Gasteiger partial charge is 0.228 e. The maximum atomic E-state index is 12.2. The average molecular weight is 347 g/mol. The molecule has 2 unspecified atom stereocenters. The summed E-state index contributed by atoms with van der Waals surface area (Å²) in [6, 6.07) is 7.12. The van der Waals surface area contributed by atoms with Crippen molar-refractivity contribution in [3.05, 3.63) is 40.9 Å². The molecule has 2 aliphatic rings. The van der Waals surface area contributed by atoms with Crippen LogP contribution in [0.15, 0.2) is 35.9 Å². The molecule has 0 spiro atoms. The van der Waals surface area contributed by atoms with Gasteiger partial charge in [-0.2, -0.15) is 0 Å². The van der Waals surface area contributed by atoms with Crippen molar-refractivity contribution in [3.8, 4) is 0 Å². The van der Waals surface area contributed by atoms with Gasteiger partial charge in [0.25, 0.3) is 0 Å². The fraction of sp³-hybridized carbons (Fsp3) is 0.474. The quantitative estimate of drug-likeness (QED) is 0.767. The normalized spacial score (nSPS) is 22.5. The number of anilines is 1. The van der Waals surface area contributed by atoms with Crippen molar-refractivity contribution in [1.29, 1.82) is 0 Å². The third-order valence-corrected chi connectivity index (χ3v) is 5.06. The molecule has 24 heavy (non-hydrogen) atoms. The van der Waals surface area contributed by atoms with Crippen molar-refractivity contribution in [3.63, 3.8) is 0 Å². The second-order valence-corrected chi connectivity index (χ2v) is 6.97. The molecule has 1 aromatic rings. The van der Waals surface area contributed by atoms with Crippen molar-refractivity contribution in [2.75, 3.05) is 11.9 Å². The van der Waals surface area contributed by atoms with E-state index in [9.17, 15) is 9.59 Å². The predicted octanol–water partition coefficient (Wildman–Crippen LogP) is 3.92. The first-order chi connectivity index (χ1) is 11.6. The highest BCUT2D eigenvalue weighted by Crippen LogP contribution is 2.40. The zero-order chi connectivity index (χ0) is 16.9. The van der Waals surface area contributed by atoms with Crippen LogP contribution in [-0.2, 0) is 9.59 Å². The number of hydrogen-bond acceptors (Lipinski definition) is 2. The molecule has 2 N–H and O–H groups in total. The molecule has 1 aromatic carbocycles. The standard InChI is InChI=1S/C19H23ClN2O2/c20-16-8-4-5-9-17(16)22-19(24)15-12-14(15)18(23)21-11-10-13-6-2-1-3-7-13/h4-6,8-9,14-15H,1-3,7,10-12H2,(H,21,23)(H,22,24). The number of amides is 2. The van der Waals surface area contributed by atoms with E-state index in [4.69, 9.17) is 11.6 Å². The van der Waals surface area contributed by atoms with Crippen molar-refractivity contribution >= 4 is 29.1 Å². The third kappa shape index (κ3) is 4.38. The lowest BCUT2D eigenvalue weighted by Gasteiger charge is -2.13. The molecule has 0 aliphatic heterocycles. The number of carbonyl (C=O) groups is 2. The minimum Gasteiger partial charge on any atom is -0.356 e. The molecule has 0 bridgehead atoms. The maximum Gasteiger partial charge on any atom is 0.228 e. The molecule has 1 fully saturated rings. The molecule has 5 heteroatoms. The molecule has 128 valence electrons. The van der Waals surface area contributed by atoms with Gasteiger partial charge in [0.2, 0.25) is 11.8 Å². The van der Waals surface area contributed by atoms with Gasteiger partial charge in [0, 0.05) is 6.54 Å². The van der Waals surface area contributed by atoms with Gasteiger partial charge in [-0.05, 0) is 50.7 Å². The molecule has 0 heterocycles. The average Bonchev–Trinajstić information content (AvgIpc) is 3.39. The van der Waals surface area contributed by atoms with Crippen LogP contribution in [0.25, 0.3) is 0 Å². The Morgan fingerprint density at radius 1 is 1.12 bits per heavy atom. The van der Waals surface area contributed by atoms with Crippen LogP contribution < -0.4 is 10.6 Å². The number of nitrogens with one attached hydrogen (secondary N) is 2. The van der Waals surface area contributed by atoms with Crippen LogP contribution in [0.2, 0.25) is 5.02 Å². The van der Waals surface area contributed by atoms with E-state index in [1.165, 1.54) is 18.4 Å². The van der Waals surface area contributed by atoms with Crippen molar-refractivity contribution in [2.24, 2.45) is 11.8 Å². The number of carbonyl (C=O) groups excluding carboxylic acids is 2. The van der Waals surface area contributed by atoms with E-state index in [2.05, 4.69) is 16.7 Å². The molecule has 2 amide bonds. The number of allylic oxidation sites excluding steroid dienone is 1. The van der Waals surface area contributed by atoms with Gasteiger partial charge in [0.15, 0.2) is 0 Å². The van der Waals surface area contributed by atoms with Crippen LogP contribution in [0.3, 0.4) is 0 Å². The zero-order valence-corrected chi connectivity index (χ0v) is 14.4. The summed E-state index contributed by atoms with van der Waals surface area (Å²) in [5.74, 6) is -0.577. The summed E-state index contributed by atoms with van der Waals surface area (Å²) in [4.78, 5) is 24.3. The van der Waals surface area contributed by atoms with E-state index in [1.807, 2.05) is 12.1 Å². The van der Waals surface area contributed by atoms with Crippen LogP contribution >= 0.6 is 11.6 Å². The highest BCUT2D eigenvalue weighted by molar-refractivity contribution is 6.33. The molecule has 0 radical (unpaired) electrons. The summed E-state index contributed by atoms with van der Waals surface area (Å²) in [6.45, 7) is 0.667. The van der Waals surface area contributed by atoms with E-state index in [0.29, 0.717) is 23.7 Å². The second-order valence-electron chi connectivity index (χ2n) is 6.57. The van der Waals surface area contributed by atoms with Gasteiger partial charge in [-0.15, -0.1) is 0 Å². The lowest BCUT2D eigenvalue weighted by Crippen LogP contribution is -2.28. The van der Waals surface area contributed by atoms with Gasteiger partial charge in [0.1, 0.15) is 0 Å². The van der Waals surface area contributed by atoms with E-state index in [1.54, 1.807) is 12.1 Å². The summed E-state index contributed by atoms with van der Waals surface area (Å²) < 4.78 is 0. The molecular formula is C19H23ClN2O2. The Kier molecular flexibility index (Phi) is 5.56. The first-order valence-corrected chi connectivity index (χ1v) is 9.04. The topological polar surface area (TPSA) is 58.2 Å². The highest BCUT2D eigenvalue weighted by atomic mass is 35.5. The van der Waals surface area contributed by atoms with Gasteiger partial charge >= 0.3 is 0 Å². The lowest BCUT2D eigenvalue weighted by molar-refractivity contribution is -0.125. The molecule has 0 saturated heterocycles. The largest absolute Gasteiger partial charge is 0.356 e. The van der Waals surface area contributed by atoms with Crippen molar-refractivity contribution < 1.29 is 9.59 Å². The zero-order valence-electron chi connectivity index (χ0n) is 13.7. The SMILES string of the molecule is O=C(NCCC1=CCCCC1)C1CC1C(=O)Nc1ccccc1Cl. The Morgan fingerprint density at radius 3 is 2.67 bits per heavy atom. The second kappa shape index (κ2) is 7.84. The minimum atomic E-state index is -0.241. The molecular weight excluding hydrogens is 324 g/mol. The Labute approximate surface area is 147 Å². The van der Waals surface area contributed by atoms with Crippen LogP contribution in [0.5, 0.6) is 0 Å². The minimum absolute atomic E-state index is 0.00859. The van der Waals surface area contributed by atoms with E-state index in [-0.39, 0.29) is 23.7 Å². The van der Waals surface area contributed by atoms with Gasteiger partial charge in [0.05, 0.1) is 22.5 Å². The van der Waals surface area contributed by atoms with E-state index >= 15 is 0 Å². The number of rotatable bonds is 6. The van der Waals surface area contributed by atoms with Crippen LogP contribution in [0.1, 0.15) is 38.5 Å². The first-order valence-electron chi connectivity index (χ1n) is 8.66. The van der Waals surface area contributed by atoms with Crippen LogP contribution in [0, 0.1) is 11.8 Å². The Morgan fingerprint density at radius 2 is 1.92 bits per heavy atom. The maximum absolute atomic E-state index is 12.2. The molecule has 2 atom stereocenters. The van der Waals surface area contributed by atoms with Gasteiger partial charge in [-0.1, -0.05) is 35.4 Å². The fourth-order valence-electron chi connectivity index (χ4n) is 3.17. The number of para-hydroxylation sites is 1. The lowest BCUT2D eigenvalue weighted by atomic mass is 9.97. The predicted molar refractivity (Wildman–Crippen MR) is 95.9 cm³/mol. The number of hydrogen-bond donors (Lipinski definition) is 2. The number of benzene rings is 1. The molecule has 1 saturated carbocycles. The Balaban J connectivity index is 1.41. The Hall–Kier alpha value is -1.81. The first kappa shape index (κ1) is 17.0. The molecule has 4 nitrogen and oxygen atoms in total. The Bertz CT molecular complexity index is 657. The summed E-state index contributed by atoms with van der Waals surface area (Å²) >= 11 is 6.04. The monoisotopic (exact) mass is 346 g/mol. The summed E-state index contributed by atoms with van der Waals surface area (Å²) in [5.41, 5.74) is 2.05. The van der Waals surface area contributed by atoms with Crippen molar-refractivity contribution in [2.45, 2.75) is 38.5 Å². The van der Waals surface area contributed by atoms with E-state index < -0.39 is 0 Å². The summed E-state index contributed by atoms with van der Waals surface area (Å²) in [5, 5.41) is 6.28. The summed E-state index contributed by atoms with van der Waals surface area (Å²) in [6.07, 6.45) is 8.69. The molecule has 0 aromatic heterocycles. The fourth-order valence-corrected chi connectivity index (χ4v) is 3.35. The highest BCUT2D eigenvalue weighted by Gasteiger charge is 2.47. The van der Waals surface area contributed by atoms with E-state index in [0.717, 1.165) is 19.3 Å².